The van der Waals surface area contributed by atoms with Crippen molar-refractivity contribution < 1.29 is 20.1 Å². The molecule has 3 N–H and O–H groups in total. The van der Waals surface area contributed by atoms with E-state index in [1.807, 2.05) is 0 Å². The van der Waals surface area contributed by atoms with Gasteiger partial charge >= 0.3 is 5.97 Å². The lowest BCUT2D eigenvalue weighted by Crippen LogP contribution is -1.99. The average molecular weight is 218 g/mol. The third-order valence-corrected chi connectivity index (χ3v) is 2.37. The molecule has 0 saturated heterocycles. The maximum atomic E-state index is 10.6. The summed E-state index contributed by atoms with van der Waals surface area (Å²) < 4.78 is 0. The van der Waals surface area contributed by atoms with Crippen molar-refractivity contribution in [2.45, 2.75) is 6.42 Å². The lowest BCUT2D eigenvalue weighted by molar-refractivity contribution is -0.136. The van der Waals surface area contributed by atoms with Gasteiger partial charge < -0.3 is 15.3 Å². The highest BCUT2D eigenvalue weighted by Crippen LogP contribution is 2.32. The number of carboxylic acid groups (broad SMARTS) is 1. The van der Waals surface area contributed by atoms with Crippen LogP contribution in [0.25, 0.3) is 10.8 Å². The maximum Gasteiger partial charge on any atom is 0.307 e. The molecule has 0 aromatic heterocycles. The quantitative estimate of drug-likeness (QED) is 0.719. The second kappa shape index (κ2) is 3.73. The van der Waals surface area contributed by atoms with Gasteiger partial charge in [-0.3, -0.25) is 4.79 Å². The fourth-order valence-electron chi connectivity index (χ4n) is 1.69. The van der Waals surface area contributed by atoms with Crippen LogP contribution in [0.15, 0.2) is 30.3 Å². The summed E-state index contributed by atoms with van der Waals surface area (Å²) in [6.45, 7) is 0. The molecule has 4 nitrogen and oxygen atoms in total. The van der Waals surface area contributed by atoms with Gasteiger partial charge in [-0.05, 0) is 23.8 Å². The zero-order valence-electron chi connectivity index (χ0n) is 8.34. The fraction of sp³-hybridized carbons (Fsp3) is 0.0833. The van der Waals surface area contributed by atoms with Crippen molar-refractivity contribution in [2.75, 3.05) is 0 Å². The van der Waals surface area contributed by atoms with Crippen molar-refractivity contribution in [2.24, 2.45) is 0 Å². The van der Waals surface area contributed by atoms with Crippen LogP contribution in [0.3, 0.4) is 0 Å². The van der Waals surface area contributed by atoms with Gasteiger partial charge in [0.05, 0.1) is 6.42 Å². The molecule has 0 bridgehead atoms. The van der Waals surface area contributed by atoms with E-state index < -0.39 is 5.97 Å². The van der Waals surface area contributed by atoms with Crippen LogP contribution in [-0.4, -0.2) is 21.3 Å². The van der Waals surface area contributed by atoms with Crippen molar-refractivity contribution >= 4 is 16.7 Å². The summed E-state index contributed by atoms with van der Waals surface area (Å²) in [4.78, 5) is 10.6. The van der Waals surface area contributed by atoms with E-state index in [0.717, 1.165) is 0 Å². The van der Waals surface area contributed by atoms with E-state index in [9.17, 15) is 15.0 Å². The van der Waals surface area contributed by atoms with Crippen molar-refractivity contribution in [3.05, 3.63) is 35.9 Å². The molecule has 4 heteroatoms. The standard InChI is InChI=1S/C12H10O4/c13-10-3-1-2-8-9(10)4-7(5-11(8)14)6-12(15)16/h1-5,13-14H,6H2,(H,15,16). The second-order valence-corrected chi connectivity index (χ2v) is 3.56. The monoisotopic (exact) mass is 218 g/mol. The number of fused-ring (bicyclic) bond motifs is 1. The Balaban J connectivity index is 2.65. The second-order valence-electron chi connectivity index (χ2n) is 3.56. The molecule has 0 fully saturated rings. The van der Waals surface area contributed by atoms with Crippen LogP contribution in [0.4, 0.5) is 0 Å². The molecule has 0 saturated carbocycles. The predicted molar refractivity (Wildman–Crippen MR) is 58.6 cm³/mol. The average Bonchev–Trinajstić information content (AvgIpc) is 2.19. The first-order chi connectivity index (χ1) is 7.58. The van der Waals surface area contributed by atoms with Gasteiger partial charge in [0.2, 0.25) is 0 Å². The Hall–Kier alpha value is -2.23. The minimum atomic E-state index is -0.978. The normalized spacial score (nSPS) is 10.5. The van der Waals surface area contributed by atoms with Gasteiger partial charge in [0.15, 0.2) is 0 Å². The number of aliphatic carboxylic acids is 1. The molecule has 2 aromatic rings. The number of aromatic hydroxyl groups is 2. The Bertz CT molecular complexity index is 560. The van der Waals surface area contributed by atoms with Gasteiger partial charge in [-0.2, -0.15) is 0 Å². The Kier molecular flexibility index (Phi) is 2.40. The van der Waals surface area contributed by atoms with Crippen molar-refractivity contribution in [3.8, 4) is 11.5 Å². The number of benzene rings is 2. The lowest BCUT2D eigenvalue weighted by Gasteiger charge is -2.06. The van der Waals surface area contributed by atoms with Gasteiger partial charge in [-0.15, -0.1) is 0 Å². The van der Waals surface area contributed by atoms with Crippen LogP contribution in [0.1, 0.15) is 5.56 Å². The fourth-order valence-corrected chi connectivity index (χ4v) is 1.69. The van der Waals surface area contributed by atoms with Gasteiger partial charge in [-0.25, -0.2) is 0 Å². The van der Waals surface area contributed by atoms with Crippen LogP contribution in [0.5, 0.6) is 11.5 Å². The van der Waals surface area contributed by atoms with E-state index in [1.54, 1.807) is 18.2 Å². The zero-order chi connectivity index (χ0) is 11.7. The summed E-state index contributed by atoms with van der Waals surface area (Å²) in [5.41, 5.74) is 0.457. The molecule has 0 aliphatic heterocycles. The van der Waals surface area contributed by atoms with Gasteiger partial charge in [0, 0.05) is 10.8 Å². The largest absolute Gasteiger partial charge is 0.507 e. The van der Waals surface area contributed by atoms with Crippen LogP contribution < -0.4 is 0 Å². The first kappa shape index (κ1) is 10.3. The molecule has 0 aliphatic carbocycles. The highest BCUT2D eigenvalue weighted by Gasteiger charge is 2.08. The van der Waals surface area contributed by atoms with Gasteiger partial charge in [-0.1, -0.05) is 12.1 Å². The first-order valence-corrected chi connectivity index (χ1v) is 4.73. The molecule has 0 spiro atoms. The van der Waals surface area contributed by atoms with Crippen LogP contribution in [0, 0.1) is 0 Å². The molecule has 0 radical (unpaired) electrons. The van der Waals surface area contributed by atoms with Gasteiger partial charge in [0.25, 0.3) is 0 Å². The van der Waals surface area contributed by atoms with E-state index in [-0.39, 0.29) is 17.9 Å². The summed E-state index contributed by atoms with van der Waals surface area (Å²) in [7, 11) is 0. The lowest BCUT2D eigenvalue weighted by atomic mass is 10.0. The predicted octanol–water partition coefficient (Wildman–Crippen LogP) is 1.88. The Morgan fingerprint density at radius 2 is 1.81 bits per heavy atom. The number of carbonyl (C=O) groups is 1. The van der Waals surface area contributed by atoms with Crippen molar-refractivity contribution in [1.82, 2.24) is 0 Å². The van der Waals surface area contributed by atoms with Gasteiger partial charge in [0.1, 0.15) is 11.5 Å². The summed E-state index contributed by atoms with van der Waals surface area (Å²) in [6, 6.07) is 7.74. The number of phenols is 2. The minimum Gasteiger partial charge on any atom is -0.507 e. The number of rotatable bonds is 2. The minimum absolute atomic E-state index is 0.0235. The summed E-state index contributed by atoms with van der Waals surface area (Å²) >= 11 is 0. The van der Waals surface area contributed by atoms with E-state index >= 15 is 0 Å². The van der Waals surface area contributed by atoms with E-state index in [2.05, 4.69) is 0 Å². The molecule has 16 heavy (non-hydrogen) atoms. The van der Waals surface area contributed by atoms with E-state index in [1.165, 1.54) is 12.1 Å². The van der Waals surface area contributed by atoms with E-state index in [0.29, 0.717) is 16.3 Å². The summed E-state index contributed by atoms with van der Waals surface area (Å²) in [6.07, 6.45) is -0.183. The Morgan fingerprint density at radius 3 is 2.50 bits per heavy atom. The smallest absolute Gasteiger partial charge is 0.307 e. The van der Waals surface area contributed by atoms with Crippen molar-refractivity contribution in [1.29, 1.82) is 0 Å². The zero-order valence-corrected chi connectivity index (χ0v) is 8.34. The summed E-state index contributed by atoms with van der Waals surface area (Å²) in [5.74, 6) is -0.973. The van der Waals surface area contributed by atoms with Crippen LogP contribution in [0.2, 0.25) is 0 Å². The highest BCUT2D eigenvalue weighted by atomic mass is 16.4. The number of hydrogen-bond donors (Lipinski definition) is 3. The molecule has 0 unspecified atom stereocenters. The Morgan fingerprint density at radius 1 is 1.06 bits per heavy atom. The molecule has 0 atom stereocenters. The number of hydrogen-bond acceptors (Lipinski definition) is 3. The molecule has 82 valence electrons. The molecule has 0 amide bonds. The molecule has 0 aliphatic rings. The summed E-state index contributed by atoms with van der Waals surface area (Å²) in [5, 5.41) is 28.9. The molecule has 0 heterocycles. The van der Waals surface area contributed by atoms with E-state index in [4.69, 9.17) is 5.11 Å². The topological polar surface area (TPSA) is 77.8 Å². The third-order valence-electron chi connectivity index (χ3n) is 2.37. The molecular weight excluding hydrogens is 208 g/mol. The maximum absolute atomic E-state index is 10.6. The molecular formula is C12H10O4. The Labute approximate surface area is 91.4 Å². The molecule has 2 aromatic carbocycles. The third kappa shape index (κ3) is 1.77. The molecule has 2 rings (SSSR count). The van der Waals surface area contributed by atoms with Crippen LogP contribution >= 0.6 is 0 Å². The van der Waals surface area contributed by atoms with Crippen LogP contribution in [-0.2, 0) is 11.2 Å². The van der Waals surface area contributed by atoms with Crippen molar-refractivity contribution in [3.63, 3.8) is 0 Å². The highest BCUT2D eigenvalue weighted by molar-refractivity contribution is 5.93. The number of phenolic OH excluding ortho intramolecular Hbond substituents is 2. The first-order valence-electron chi connectivity index (χ1n) is 4.73. The SMILES string of the molecule is O=C(O)Cc1cc(O)c2cccc(O)c2c1. The number of carboxylic acids is 1.